The van der Waals surface area contributed by atoms with E-state index in [0.29, 0.717) is 0 Å². The van der Waals surface area contributed by atoms with Crippen molar-refractivity contribution in [3.05, 3.63) is 0 Å². The second kappa shape index (κ2) is 3.24. The van der Waals surface area contributed by atoms with Gasteiger partial charge < -0.3 is 0 Å². The van der Waals surface area contributed by atoms with Crippen molar-refractivity contribution in [2.45, 2.75) is 0 Å². The molecule has 0 aromatic heterocycles. The van der Waals surface area contributed by atoms with Crippen LogP contribution >= 0.6 is 0 Å². The molecule has 4 heavy (non-hydrogen) atoms. The number of hydrogen-bond donors (Lipinski definition) is 0. The first-order valence-electron chi connectivity index (χ1n) is 0.593. The quantitative estimate of drug-likeness (QED) is 0.313. The van der Waals surface area contributed by atoms with Crippen LogP contribution in [-0.2, 0) is 20.7 Å². The summed E-state index contributed by atoms with van der Waals surface area (Å²) in [6, 6.07) is 0. The summed E-state index contributed by atoms with van der Waals surface area (Å²) >= 11 is 1.26. The van der Waals surface area contributed by atoms with Gasteiger partial charge in [-0.05, 0) is 0 Å². The van der Waals surface area contributed by atoms with Gasteiger partial charge in [-0.15, -0.1) is 0 Å². The van der Waals surface area contributed by atoms with E-state index in [1.165, 1.54) is 20.7 Å². The Labute approximate surface area is 34.8 Å². The number of hydrogen-bond acceptors (Lipinski definition) is 2. The Morgan fingerprint density at radius 2 is 2.00 bits per heavy atom. The number of rotatable bonds is 0. The van der Waals surface area contributed by atoms with Crippen molar-refractivity contribution in [2.24, 2.45) is 8.93 Å². The molecule has 21 valence electrons. The third-order valence-corrected chi connectivity index (χ3v) is 0.156. The first-order chi connectivity index (χ1) is 1.91. The van der Waals surface area contributed by atoms with E-state index in [9.17, 15) is 4.48 Å². The molecule has 0 atom stereocenters. The second-order valence-electron chi connectivity index (χ2n) is 0.176. The zero-order valence-electron chi connectivity index (χ0n) is 1.77. The van der Waals surface area contributed by atoms with Crippen LogP contribution in [0.3, 0.4) is 0 Å². The molecule has 0 saturated heterocycles. The van der Waals surface area contributed by atoms with Gasteiger partial charge in [-0.2, -0.15) is 0 Å². The summed E-state index contributed by atoms with van der Waals surface area (Å²) in [5, 5.41) is 1.86. The maximum absolute atomic E-state index is 10.2. The molecule has 0 spiro atoms. The minimum atomic E-state index is 1.26. The molecule has 0 aliphatic carbocycles. The zero-order chi connectivity index (χ0) is 3.41. The van der Waals surface area contributed by atoms with Gasteiger partial charge >= 0.3 is 34.1 Å². The van der Waals surface area contributed by atoms with Gasteiger partial charge in [-0.3, -0.25) is 0 Å². The molecule has 0 bridgehead atoms. The van der Waals surface area contributed by atoms with Crippen molar-refractivity contribution in [3.8, 4) is 0 Å². The number of nitrogens with zero attached hydrogens (tertiary/aromatic N) is 2. The van der Waals surface area contributed by atoms with Crippen LogP contribution < -0.4 is 0 Å². The summed E-state index contributed by atoms with van der Waals surface area (Å²) in [6.07, 6.45) is 0. The van der Waals surface area contributed by atoms with E-state index < -0.39 is 0 Å². The van der Waals surface area contributed by atoms with E-state index in [2.05, 4.69) is 3.60 Å². The Morgan fingerprint density at radius 1 is 1.75 bits per heavy atom. The van der Waals surface area contributed by atoms with Gasteiger partial charge in [0.25, 0.3) is 0 Å². The average molecular weight is 94.9 g/mol. The van der Waals surface area contributed by atoms with Crippen LogP contribution in [0.25, 0.3) is 0 Å². The van der Waals surface area contributed by atoms with Gasteiger partial charge in [0.05, 0.1) is 0 Å². The predicted molar refractivity (Wildman–Crippen MR) is 5.96 cm³/mol. The summed E-state index contributed by atoms with van der Waals surface area (Å²) in [4.78, 5) is 0. The van der Waals surface area contributed by atoms with Crippen LogP contribution in [0, 0.1) is 0 Å². The van der Waals surface area contributed by atoms with E-state index in [1.54, 1.807) is 0 Å². The molecule has 0 saturated carbocycles. The molecule has 0 amide bonds. The normalized spacial score (nSPS) is 9.00. The zero-order valence-corrected chi connectivity index (χ0v) is 3.33. The standard InChI is InChI=1S/FN2.Ti/c1-3-2;/q-1;+1. The van der Waals surface area contributed by atoms with Gasteiger partial charge in [0, 0.05) is 0 Å². The molecule has 0 aliphatic rings. The van der Waals surface area contributed by atoms with E-state index in [-0.39, 0.29) is 0 Å². The molecule has 0 radical (unpaired) electrons. The van der Waals surface area contributed by atoms with Crippen molar-refractivity contribution in [2.75, 3.05) is 0 Å². The maximum atomic E-state index is 10.2. The van der Waals surface area contributed by atoms with E-state index >= 15 is 0 Å². The average Bonchev–Trinajstić information content (AvgIpc) is 1.37. The Kier molecular flexibility index (Phi) is 3.44. The SMILES string of the molecule is F/N=[N]/[Ti]. The summed E-state index contributed by atoms with van der Waals surface area (Å²) < 4.78 is 12.9. The minimum absolute atomic E-state index is 1.26. The van der Waals surface area contributed by atoms with Crippen LogP contribution in [0.1, 0.15) is 0 Å². The first-order valence-corrected chi connectivity index (χ1v) is 1.29. The molecule has 0 unspecified atom stereocenters. The third-order valence-electron chi connectivity index (χ3n) is 0.0378. The van der Waals surface area contributed by atoms with Crippen molar-refractivity contribution in [1.82, 2.24) is 0 Å². The third kappa shape index (κ3) is 2.24. The number of halogens is 1. The summed E-state index contributed by atoms with van der Waals surface area (Å²) in [5.74, 6) is 0. The van der Waals surface area contributed by atoms with E-state index in [4.69, 9.17) is 0 Å². The molecule has 0 aliphatic heterocycles. The van der Waals surface area contributed by atoms with Crippen molar-refractivity contribution < 1.29 is 25.2 Å². The van der Waals surface area contributed by atoms with Crippen molar-refractivity contribution >= 4 is 0 Å². The molecule has 0 fully saturated rings. The van der Waals surface area contributed by atoms with E-state index in [1.807, 2.05) is 5.34 Å². The van der Waals surface area contributed by atoms with Gasteiger partial charge in [0.1, 0.15) is 0 Å². The van der Waals surface area contributed by atoms with Crippen LogP contribution in [0.2, 0.25) is 0 Å². The molecule has 0 aromatic carbocycles. The van der Waals surface area contributed by atoms with Gasteiger partial charge in [0.15, 0.2) is 0 Å². The molecule has 0 N–H and O–H groups in total. The molecule has 0 rings (SSSR count). The Hall–Kier alpha value is 0.244. The first kappa shape index (κ1) is 4.24. The fraction of sp³-hybridized carbons (Fsp3) is 0. The van der Waals surface area contributed by atoms with Gasteiger partial charge in [0.2, 0.25) is 0 Å². The Bertz CT molecular complexity index is 21.2. The fourth-order valence-electron chi connectivity index (χ4n) is 0. The molecule has 0 heterocycles. The summed E-state index contributed by atoms with van der Waals surface area (Å²) in [6.45, 7) is 0. The summed E-state index contributed by atoms with van der Waals surface area (Å²) in [5.41, 5.74) is 0. The fourth-order valence-corrected chi connectivity index (χ4v) is 0. The van der Waals surface area contributed by atoms with Crippen molar-refractivity contribution in [1.29, 1.82) is 0 Å². The molecular weight excluding hydrogens is 94.9 g/mol. The second-order valence-corrected chi connectivity index (χ2v) is 0.488. The van der Waals surface area contributed by atoms with Crippen LogP contribution in [-0.4, -0.2) is 0 Å². The monoisotopic (exact) mass is 95.0 g/mol. The Morgan fingerprint density at radius 3 is 2.00 bits per heavy atom. The van der Waals surface area contributed by atoms with Crippen LogP contribution in [0.5, 0.6) is 0 Å². The molecule has 2 nitrogen and oxygen atoms in total. The molecule has 0 aromatic rings. The Balaban J connectivity index is 2.55. The topological polar surface area (TPSA) is 24.7 Å². The van der Waals surface area contributed by atoms with E-state index in [0.717, 1.165) is 0 Å². The van der Waals surface area contributed by atoms with Gasteiger partial charge in [-0.1, -0.05) is 0 Å². The van der Waals surface area contributed by atoms with Gasteiger partial charge in [-0.25, -0.2) is 0 Å². The van der Waals surface area contributed by atoms with Crippen LogP contribution in [0.4, 0.5) is 4.48 Å². The predicted octanol–water partition coefficient (Wildman–Crippen LogP) is 0.785. The van der Waals surface area contributed by atoms with Crippen LogP contribution in [0.15, 0.2) is 8.93 Å². The summed E-state index contributed by atoms with van der Waals surface area (Å²) in [7, 11) is 0. The molecule has 4 heteroatoms. The van der Waals surface area contributed by atoms with Crippen molar-refractivity contribution in [3.63, 3.8) is 0 Å². The molecular formula is FN2Ti.